The molecule has 0 spiro atoms. The topological polar surface area (TPSA) is 71.8 Å². The third kappa shape index (κ3) is 3.66. The van der Waals surface area contributed by atoms with E-state index < -0.39 is 5.25 Å². The standard InChI is InChI=1S/C20H20BrN5OS/c1-11-4-7-14(8-5-11)17-18(28-20-24-23-13(3)26(20)25-17)19(27)22-16-9-6-12(2)10-15(16)21/h4-10,17-18,25H,1-3H3,(H,22,27). The average molecular weight is 458 g/mol. The van der Waals surface area contributed by atoms with Gasteiger partial charge in [0.1, 0.15) is 11.1 Å². The molecule has 0 radical (unpaired) electrons. The molecule has 0 fully saturated rings. The van der Waals surface area contributed by atoms with Crippen LogP contribution in [-0.4, -0.2) is 26.0 Å². The van der Waals surface area contributed by atoms with Crippen molar-refractivity contribution in [2.45, 2.75) is 37.2 Å². The number of carbonyl (C=O) groups excluding carboxylic acids is 1. The highest BCUT2D eigenvalue weighted by Gasteiger charge is 2.37. The van der Waals surface area contributed by atoms with Crippen LogP contribution in [-0.2, 0) is 4.79 Å². The van der Waals surface area contributed by atoms with E-state index >= 15 is 0 Å². The third-order valence-corrected chi connectivity index (χ3v) is 6.55. The summed E-state index contributed by atoms with van der Waals surface area (Å²) in [6, 6.07) is 13.9. The van der Waals surface area contributed by atoms with Gasteiger partial charge in [-0.2, -0.15) is 0 Å². The van der Waals surface area contributed by atoms with E-state index in [1.165, 1.54) is 17.3 Å². The third-order valence-electron chi connectivity index (χ3n) is 4.68. The van der Waals surface area contributed by atoms with Crippen molar-refractivity contribution in [2.75, 3.05) is 10.7 Å². The van der Waals surface area contributed by atoms with Crippen LogP contribution in [0.5, 0.6) is 0 Å². The molecule has 8 heteroatoms. The number of nitrogens with one attached hydrogen (secondary N) is 2. The first-order valence-electron chi connectivity index (χ1n) is 8.91. The number of hydrogen-bond acceptors (Lipinski definition) is 5. The van der Waals surface area contributed by atoms with Gasteiger partial charge in [0.2, 0.25) is 11.1 Å². The van der Waals surface area contributed by atoms with Crippen LogP contribution in [0.1, 0.15) is 28.6 Å². The molecule has 0 bridgehead atoms. The molecule has 144 valence electrons. The van der Waals surface area contributed by atoms with Crippen LogP contribution in [0.4, 0.5) is 5.69 Å². The molecule has 1 amide bonds. The van der Waals surface area contributed by atoms with Gasteiger partial charge in [0.15, 0.2) is 0 Å². The first kappa shape index (κ1) is 19.0. The number of aromatic nitrogens is 3. The lowest BCUT2D eigenvalue weighted by Crippen LogP contribution is -2.41. The number of hydrogen-bond donors (Lipinski definition) is 2. The Labute approximate surface area is 176 Å². The van der Waals surface area contributed by atoms with E-state index in [-0.39, 0.29) is 11.9 Å². The Balaban J connectivity index is 1.67. The maximum Gasteiger partial charge on any atom is 0.240 e. The zero-order valence-electron chi connectivity index (χ0n) is 15.7. The number of nitrogens with zero attached hydrogens (tertiary/aromatic N) is 3. The summed E-state index contributed by atoms with van der Waals surface area (Å²) in [5, 5.41) is 11.7. The fourth-order valence-corrected chi connectivity index (χ4v) is 4.83. The van der Waals surface area contributed by atoms with Gasteiger partial charge in [0, 0.05) is 4.47 Å². The molecule has 1 aliphatic rings. The molecular formula is C20H20BrN5OS. The first-order chi connectivity index (χ1) is 13.4. The van der Waals surface area contributed by atoms with Gasteiger partial charge < -0.3 is 10.7 Å². The Kier molecular flexibility index (Phi) is 5.16. The van der Waals surface area contributed by atoms with E-state index in [0.29, 0.717) is 5.16 Å². The summed E-state index contributed by atoms with van der Waals surface area (Å²) < 4.78 is 2.71. The molecule has 0 saturated heterocycles. The minimum Gasteiger partial charge on any atom is -0.324 e. The smallest absolute Gasteiger partial charge is 0.240 e. The van der Waals surface area contributed by atoms with Crippen LogP contribution in [0, 0.1) is 20.8 Å². The lowest BCUT2D eigenvalue weighted by Gasteiger charge is -2.32. The Hall–Kier alpha value is -2.32. The van der Waals surface area contributed by atoms with Gasteiger partial charge in [-0.3, -0.25) is 4.79 Å². The highest BCUT2D eigenvalue weighted by molar-refractivity contribution is 9.10. The van der Waals surface area contributed by atoms with Crippen molar-refractivity contribution in [2.24, 2.45) is 0 Å². The van der Waals surface area contributed by atoms with Gasteiger partial charge in [0.05, 0.1) is 11.7 Å². The number of fused-ring (bicyclic) bond motifs is 1. The molecule has 2 N–H and O–H groups in total. The van der Waals surface area contributed by atoms with E-state index in [4.69, 9.17) is 0 Å². The zero-order chi connectivity index (χ0) is 19.8. The fourth-order valence-electron chi connectivity index (χ4n) is 3.11. The summed E-state index contributed by atoms with van der Waals surface area (Å²) in [5.41, 5.74) is 7.52. The Morgan fingerprint density at radius 3 is 2.54 bits per heavy atom. The fraction of sp³-hybridized carbons (Fsp3) is 0.250. The van der Waals surface area contributed by atoms with Crippen LogP contribution in [0.25, 0.3) is 0 Å². The van der Waals surface area contributed by atoms with Crippen molar-refractivity contribution in [1.82, 2.24) is 14.9 Å². The van der Waals surface area contributed by atoms with Gasteiger partial charge in [-0.1, -0.05) is 47.7 Å². The predicted molar refractivity (Wildman–Crippen MR) is 115 cm³/mol. The minimum atomic E-state index is -0.396. The quantitative estimate of drug-likeness (QED) is 0.610. The highest BCUT2D eigenvalue weighted by atomic mass is 79.9. The van der Waals surface area contributed by atoms with Gasteiger partial charge in [-0.05, 0) is 60.0 Å². The normalized spacial score (nSPS) is 18.3. The van der Waals surface area contributed by atoms with Crippen molar-refractivity contribution < 1.29 is 4.79 Å². The van der Waals surface area contributed by atoms with E-state index in [1.807, 2.05) is 43.6 Å². The van der Waals surface area contributed by atoms with Crippen molar-refractivity contribution in [3.63, 3.8) is 0 Å². The summed E-state index contributed by atoms with van der Waals surface area (Å²) in [7, 11) is 0. The second-order valence-corrected chi connectivity index (χ2v) is 8.86. The van der Waals surface area contributed by atoms with Gasteiger partial charge in [-0.25, -0.2) is 4.68 Å². The lowest BCUT2D eigenvalue weighted by molar-refractivity contribution is -0.116. The molecule has 6 nitrogen and oxygen atoms in total. The number of amides is 1. The number of halogens is 1. The van der Waals surface area contributed by atoms with Crippen LogP contribution in [0.3, 0.4) is 0 Å². The molecule has 3 aromatic rings. The van der Waals surface area contributed by atoms with E-state index in [1.54, 1.807) is 0 Å². The van der Waals surface area contributed by atoms with Gasteiger partial charge >= 0.3 is 0 Å². The monoisotopic (exact) mass is 457 g/mol. The summed E-state index contributed by atoms with van der Waals surface area (Å²) in [4.78, 5) is 13.2. The molecule has 28 heavy (non-hydrogen) atoms. The molecule has 2 heterocycles. The summed E-state index contributed by atoms with van der Waals surface area (Å²) in [5.74, 6) is 0.680. The Morgan fingerprint density at radius 2 is 1.82 bits per heavy atom. The molecule has 2 atom stereocenters. The van der Waals surface area contributed by atoms with E-state index in [0.717, 1.165) is 27.1 Å². The summed E-state index contributed by atoms with van der Waals surface area (Å²) in [6.45, 7) is 5.95. The number of carbonyl (C=O) groups is 1. The zero-order valence-corrected chi connectivity index (χ0v) is 18.1. The molecule has 2 aromatic carbocycles. The highest BCUT2D eigenvalue weighted by Crippen LogP contribution is 2.38. The summed E-state index contributed by atoms with van der Waals surface area (Å²) >= 11 is 4.95. The van der Waals surface area contributed by atoms with E-state index in [2.05, 4.69) is 61.1 Å². The molecule has 1 aromatic heterocycles. The maximum absolute atomic E-state index is 13.2. The molecule has 2 unspecified atom stereocenters. The SMILES string of the molecule is Cc1ccc(C2Nn3c(C)nnc3SC2C(=O)Nc2ccc(C)cc2Br)cc1. The molecular weight excluding hydrogens is 438 g/mol. The largest absolute Gasteiger partial charge is 0.324 e. The maximum atomic E-state index is 13.2. The van der Waals surface area contributed by atoms with Crippen LogP contribution < -0.4 is 10.7 Å². The second-order valence-electron chi connectivity index (χ2n) is 6.89. The number of benzene rings is 2. The molecule has 1 aliphatic heterocycles. The number of thioether (sulfide) groups is 1. The Bertz CT molecular complexity index is 1030. The number of aryl methyl sites for hydroxylation is 3. The van der Waals surface area contributed by atoms with Crippen LogP contribution >= 0.6 is 27.7 Å². The van der Waals surface area contributed by atoms with Crippen molar-refractivity contribution in [3.8, 4) is 0 Å². The minimum absolute atomic E-state index is 0.0838. The van der Waals surface area contributed by atoms with E-state index in [9.17, 15) is 4.79 Å². The molecule has 0 saturated carbocycles. The van der Waals surface area contributed by atoms with Crippen LogP contribution in [0.15, 0.2) is 52.1 Å². The summed E-state index contributed by atoms with van der Waals surface area (Å²) in [6.07, 6.45) is 0. The molecule has 0 aliphatic carbocycles. The lowest BCUT2D eigenvalue weighted by atomic mass is 10.0. The van der Waals surface area contributed by atoms with Crippen molar-refractivity contribution >= 4 is 39.3 Å². The predicted octanol–water partition coefficient (Wildman–Crippen LogP) is 4.36. The average Bonchev–Trinajstić information content (AvgIpc) is 3.04. The van der Waals surface area contributed by atoms with Crippen molar-refractivity contribution in [1.29, 1.82) is 0 Å². The second kappa shape index (κ2) is 7.60. The molecule has 4 rings (SSSR count). The van der Waals surface area contributed by atoms with Crippen LogP contribution in [0.2, 0.25) is 0 Å². The van der Waals surface area contributed by atoms with Gasteiger partial charge in [-0.15, -0.1) is 10.2 Å². The van der Waals surface area contributed by atoms with Crippen molar-refractivity contribution in [3.05, 3.63) is 69.5 Å². The Morgan fingerprint density at radius 1 is 1.11 bits per heavy atom. The first-order valence-corrected chi connectivity index (χ1v) is 10.6. The van der Waals surface area contributed by atoms with Gasteiger partial charge in [0.25, 0.3) is 0 Å². The number of anilines is 1. The number of rotatable bonds is 3.